The smallest absolute Gasteiger partial charge is 0.315 e. The first kappa shape index (κ1) is 17.2. The van der Waals surface area contributed by atoms with Gasteiger partial charge < -0.3 is 10.6 Å². The molecule has 3 nitrogen and oxygen atoms in total. The van der Waals surface area contributed by atoms with Crippen LogP contribution in [0.15, 0.2) is 42.5 Å². The highest BCUT2D eigenvalue weighted by molar-refractivity contribution is 6.30. The van der Waals surface area contributed by atoms with Gasteiger partial charge in [0.1, 0.15) is 0 Å². The van der Waals surface area contributed by atoms with Crippen molar-refractivity contribution in [2.45, 2.75) is 19.4 Å². The molecule has 0 saturated carbocycles. The Hall–Kier alpha value is -2.14. The van der Waals surface area contributed by atoms with Gasteiger partial charge in [-0.1, -0.05) is 29.8 Å². The summed E-state index contributed by atoms with van der Waals surface area (Å²) in [6, 6.07) is 10.1. The van der Waals surface area contributed by atoms with Crippen molar-refractivity contribution in [2.24, 2.45) is 0 Å². The van der Waals surface area contributed by atoms with E-state index in [9.17, 15) is 13.6 Å². The molecule has 0 aliphatic rings. The van der Waals surface area contributed by atoms with Crippen LogP contribution >= 0.6 is 11.6 Å². The molecule has 122 valence electrons. The Kier molecular flexibility index (Phi) is 5.93. The number of halogens is 3. The molecule has 0 aliphatic carbocycles. The van der Waals surface area contributed by atoms with E-state index in [0.29, 0.717) is 23.6 Å². The summed E-state index contributed by atoms with van der Waals surface area (Å²) in [5.41, 5.74) is 1.56. The van der Waals surface area contributed by atoms with Crippen LogP contribution in [0.4, 0.5) is 13.6 Å². The normalized spacial score (nSPS) is 11.8. The molecule has 0 bridgehead atoms. The molecule has 0 radical (unpaired) electrons. The summed E-state index contributed by atoms with van der Waals surface area (Å²) in [5.74, 6) is -1.84. The Morgan fingerprint density at radius 3 is 2.48 bits per heavy atom. The van der Waals surface area contributed by atoms with Gasteiger partial charge in [-0.3, -0.25) is 0 Å². The first-order valence-corrected chi connectivity index (χ1v) is 7.57. The quantitative estimate of drug-likeness (QED) is 0.842. The second-order valence-electron chi connectivity index (χ2n) is 5.17. The Balaban J connectivity index is 1.79. The molecule has 6 heteroatoms. The summed E-state index contributed by atoms with van der Waals surface area (Å²) in [7, 11) is 0. The zero-order valence-electron chi connectivity index (χ0n) is 12.6. The van der Waals surface area contributed by atoms with E-state index in [0.717, 1.165) is 17.7 Å². The van der Waals surface area contributed by atoms with E-state index in [1.165, 1.54) is 6.07 Å². The molecule has 0 spiro atoms. The van der Waals surface area contributed by atoms with Crippen molar-refractivity contribution in [2.75, 3.05) is 6.54 Å². The molecule has 23 heavy (non-hydrogen) atoms. The second kappa shape index (κ2) is 7.92. The largest absolute Gasteiger partial charge is 0.338 e. The highest BCUT2D eigenvalue weighted by Gasteiger charge is 2.11. The molecule has 0 fully saturated rings. The molecule has 2 amide bonds. The predicted molar refractivity (Wildman–Crippen MR) is 86.5 cm³/mol. The predicted octanol–water partition coefficient (Wildman–Crippen LogP) is 4.22. The van der Waals surface area contributed by atoms with Gasteiger partial charge in [0.15, 0.2) is 11.6 Å². The van der Waals surface area contributed by atoms with Crippen molar-refractivity contribution in [3.05, 3.63) is 70.2 Å². The van der Waals surface area contributed by atoms with E-state index in [1.54, 1.807) is 19.1 Å². The van der Waals surface area contributed by atoms with Crippen LogP contribution in [0.3, 0.4) is 0 Å². The third-order valence-electron chi connectivity index (χ3n) is 3.40. The van der Waals surface area contributed by atoms with Crippen LogP contribution in [0.2, 0.25) is 5.02 Å². The molecule has 0 heterocycles. The summed E-state index contributed by atoms with van der Waals surface area (Å²) in [6.07, 6.45) is 0.671. The minimum Gasteiger partial charge on any atom is -0.338 e. The Morgan fingerprint density at radius 2 is 1.83 bits per heavy atom. The van der Waals surface area contributed by atoms with Gasteiger partial charge >= 0.3 is 6.03 Å². The fraction of sp³-hybridized carbons (Fsp3) is 0.235. The number of hydrogen-bond donors (Lipinski definition) is 2. The van der Waals surface area contributed by atoms with Gasteiger partial charge in [-0.25, -0.2) is 13.6 Å². The molecule has 0 unspecified atom stereocenters. The zero-order valence-corrected chi connectivity index (χ0v) is 13.3. The van der Waals surface area contributed by atoms with E-state index >= 15 is 0 Å². The molecule has 2 aromatic carbocycles. The fourth-order valence-electron chi connectivity index (χ4n) is 2.08. The highest BCUT2D eigenvalue weighted by Crippen LogP contribution is 2.15. The number of nitrogens with one attached hydrogen (secondary N) is 2. The molecule has 2 aromatic rings. The number of rotatable bonds is 5. The summed E-state index contributed by atoms with van der Waals surface area (Å²) in [6.45, 7) is 2.16. The second-order valence-corrected chi connectivity index (χ2v) is 5.61. The molecule has 2 N–H and O–H groups in total. The molecule has 2 rings (SSSR count). The van der Waals surface area contributed by atoms with E-state index in [1.807, 2.05) is 12.1 Å². The maximum absolute atomic E-state index is 13.2. The van der Waals surface area contributed by atoms with Gasteiger partial charge in [0.05, 0.1) is 6.04 Å². The lowest BCUT2D eigenvalue weighted by Gasteiger charge is -2.15. The lowest BCUT2D eigenvalue weighted by Crippen LogP contribution is -2.38. The zero-order chi connectivity index (χ0) is 16.8. The van der Waals surface area contributed by atoms with Gasteiger partial charge in [-0.15, -0.1) is 0 Å². The summed E-state index contributed by atoms with van der Waals surface area (Å²) in [5, 5.41) is 6.07. The van der Waals surface area contributed by atoms with Crippen molar-refractivity contribution in [3.8, 4) is 0 Å². The van der Waals surface area contributed by atoms with Crippen molar-refractivity contribution in [1.82, 2.24) is 10.6 Å². The van der Waals surface area contributed by atoms with Gasteiger partial charge in [0.2, 0.25) is 0 Å². The van der Waals surface area contributed by atoms with E-state index in [4.69, 9.17) is 11.6 Å². The lowest BCUT2D eigenvalue weighted by molar-refractivity contribution is 0.238. The topological polar surface area (TPSA) is 41.1 Å². The number of hydrogen-bond acceptors (Lipinski definition) is 1. The van der Waals surface area contributed by atoms with Crippen LogP contribution in [-0.2, 0) is 6.42 Å². The molecular weight excluding hydrogens is 322 g/mol. The minimum atomic E-state index is -0.931. The minimum absolute atomic E-state index is 0.365. The number of amides is 2. The van der Waals surface area contributed by atoms with Crippen LogP contribution in [0.1, 0.15) is 24.1 Å². The maximum atomic E-state index is 13.2. The van der Waals surface area contributed by atoms with Crippen molar-refractivity contribution in [1.29, 1.82) is 0 Å². The average molecular weight is 339 g/mol. The van der Waals surface area contributed by atoms with Crippen molar-refractivity contribution in [3.63, 3.8) is 0 Å². The number of carbonyl (C=O) groups excluding carboxylic acids is 1. The molecule has 1 atom stereocenters. The third-order valence-corrected chi connectivity index (χ3v) is 3.66. The van der Waals surface area contributed by atoms with Crippen molar-refractivity contribution < 1.29 is 13.6 Å². The fourth-order valence-corrected chi connectivity index (χ4v) is 2.21. The maximum Gasteiger partial charge on any atom is 0.315 e. The molecule has 0 saturated heterocycles. The van der Waals surface area contributed by atoms with Gasteiger partial charge in [0, 0.05) is 11.6 Å². The SMILES string of the molecule is C[C@@H](NC(=O)NCCc1ccc(Cl)cc1)c1ccc(F)c(F)c1. The number of benzene rings is 2. The van der Waals surface area contributed by atoms with Crippen LogP contribution in [-0.4, -0.2) is 12.6 Å². The monoisotopic (exact) mass is 338 g/mol. The molecular formula is C17H17ClF2N2O. The van der Waals surface area contributed by atoms with Crippen molar-refractivity contribution >= 4 is 17.6 Å². The number of urea groups is 1. The summed E-state index contributed by atoms with van der Waals surface area (Å²) < 4.78 is 26.1. The summed E-state index contributed by atoms with van der Waals surface area (Å²) >= 11 is 5.80. The molecule has 0 aliphatic heterocycles. The Labute approximate surface area is 138 Å². The first-order valence-electron chi connectivity index (χ1n) is 7.19. The van der Waals surface area contributed by atoms with Crippen LogP contribution < -0.4 is 10.6 Å². The Morgan fingerprint density at radius 1 is 1.13 bits per heavy atom. The van der Waals surface area contributed by atoms with E-state index in [-0.39, 0.29) is 6.03 Å². The average Bonchev–Trinajstić information content (AvgIpc) is 2.52. The molecule has 0 aromatic heterocycles. The lowest BCUT2D eigenvalue weighted by atomic mass is 10.1. The standard InChI is InChI=1S/C17H17ClF2N2O/c1-11(13-4-7-15(19)16(20)10-13)22-17(23)21-9-8-12-2-5-14(18)6-3-12/h2-7,10-11H,8-9H2,1H3,(H2,21,22,23)/t11-/m1/s1. The Bertz CT molecular complexity index is 677. The van der Waals surface area contributed by atoms with Crippen LogP contribution in [0.5, 0.6) is 0 Å². The van der Waals surface area contributed by atoms with E-state index in [2.05, 4.69) is 10.6 Å². The highest BCUT2D eigenvalue weighted by atomic mass is 35.5. The van der Waals surface area contributed by atoms with Gasteiger partial charge in [-0.05, 0) is 48.7 Å². The van der Waals surface area contributed by atoms with Crippen LogP contribution in [0, 0.1) is 11.6 Å². The van der Waals surface area contributed by atoms with E-state index < -0.39 is 17.7 Å². The van der Waals surface area contributed by atoms with Gasteiger partial charge in [0.25, 0.3) is 0 Å². The first-order chi connectivity index (χ1) is 11.0. The third kappa shape index (κ3) is 5.21. The summed E-state index contributed by atoms with van der Waals surface area (Å²) in [4.78, 5) is 11.8. The van der Waals surface area contributed by atoms with Gasteiger partial charge in [-0.2, -0.15) is 0 Å². The number of carbonyl (C=O) groups is 1. The van der Waals surface area contributed by atoms with Crippen LogP contribution in [0.25, 0.3) is 0 Å².